The molecule has 1 aromatic rings. The molecule has 0 aliphatic carbocycles. The van der Waals surface area contributed by atoms with Gasteiger partial charge in [0.15, 0.2) is 6.29 Å². The van der Waals surface area contributed by atoms with Crippen LogP contribution in [0.25, 0.3) is 0 Å². The fraction of sp³-hybridized carbons (Fsp3) is 0.533. The van der Waals surface area contributed by atoms with E-state index in [0.29, 0.717) is 13.2 Å². The number of anilines is 1. The minimum atomic E-state index is -0.306. The van der Waals surface area contributed by atoms with E-state index in [1.165, 1.54) is 0 Å². The second-order valence-corrected chi connectivity index (χ2v) is 5.19. The largest absolute Gasteiger partial charge is 0.346 e. The molecule has 1 atom stereocenters. The summed E-state index contributed by atoms with van der Waals surface area (Å²) in [5.74, 6) is 0.0371. The van der Waals surface area contributed by atoms with Crippen LogP contribution in [-0.2, 0) is 14.3 Å². The van der Waals surface area contributed by atoms with Gasteiger partial charge in [0.2, 0.25) is 5.91 Å². The van der Waals surface area contributed by atoms with E-state index < -0.39 is 0 Å². The molecule has 20 heavy (non-hydrogen) atoms. The number of carbonyl (C=O) groups excluding carboxylic acids is 1. The van der Waals surface area contributed by atoms with Crippen molar-refractivity contribution in [3.8, 4) is 0 Å². The molecule has 2 fully saturated rings. The van der Waals surface area contributed by atoms with E-state index in [2.05, 4.69) is 10.6 Å². The lowest BCUT2D eigenvalue weighted by Gasteiger charge is -2.22. The summed E-state index contributed by atoms with van der Waals surface area (Å²) in [6, 6.07) is 7.58. The zero-order valence-corrected chi connectivity index (χ0v) is 11.4. The molecule has 0 spiro atoms. The van der Waals surface area contributed by atoms with Gasteiger partial charge >= 0.3 is 0 Å². The Morgan fingerprint density at radius 1 is 1.25 bits per heavy atom. The smallest absolute Gasteiger partial charge is 0.241 e. The van der Waals surface area contributed by atoms with E-state index in [1.807, 2.05) is 24.3 Å². The maximum Gasteiger partial charge on any atom is 0.241 e. The maximum absolute atomic E-state index is 12.2. The highest BCUT2D eigenvalue weighted by Crippen LogP contribution is 2.25. The fourth-order valence-corrected chi connectivity index (χ4v) is 2.62. The highest BCUT2D eigenvalue weighted by atomic mass is 16.7. The molecule has 0 unspecified atom stereocenters. The quantitative estimate of drug-likeness (QED) is 0.884. The first kappa shape index (κ1) is 13.5. The minimum absolute atomic E-state index is 0.0371. The average molecular weight is 276 g/mol. The van der Waals surface area contributed by atoms with Gasteiger partial charge in [-0.3, -0.25) is 4.79 Å². The predicted molar refractivity (Wildman–Crippen MR) is 75.4 cm³/mol. The van der Waals surface area contributed by atoms with Gasteiger partial charge in [-0.15, -0.1) is 0 Å². The van der Waals surface area contributed by atoms with E-state index in [4.69, 9.17) is 9.47 Å². The van der Waals surface area contributed by atoms with E-state index in [-0.39, 0.29) is 18.2 Å². The van der Waals surface area contributed by atoms with Crippen molar-refractivity contribution >= 4 is 11.6 Å². The van der Waals surface area contributed by atoms with Crippen molar-refractivity contribution < 1.29 is 14.3 Å². The summed E-state index contributed by atoms with van der Waals surface area (Å²) in [4.78, 5) is 12.2. The Kier molecular flexibility index (Phi) is 4.30. The van der Waals surface area contributed by atoms with E-state index in [1.54, 1.807) is 0 Å². The summed E-state index contributed by atoms with van der Waals surface area (Å²) in [5, 5.41) is 6.21. The number of benzene rings is 1. The Hall–Kier alpha value is -1.43. The first-order chi connectivity index (χ1) is 9.83. The first-order valence-electron chi connectivity index (χ1n) is 7.20. The molecule has 5 nitrogen and oxygen atoms in total. The van der Waals surface area contributed by atoms with Crippen LogP contribution < -0.4 is 10.6 Å². The highest BCUT2D eigenvalue weighted by molar-refractivity contribution is 5.94. The SMILES string of the molecule is O=C(Nc1cccc(C2OCCO2)c1)[C@@H]1CCCCN1. The van der Waals surface area contributed by atoms with Crippen molar-refractivity contribution in [1.29, 1.82) is 0 Å². The van der Waals surface area contributed by atoms with Crippen LogP contribution in [0.5, 0.6) is 0 Å². The molecular formula is C15H20N2O3. The van der Waals surface area contributed by atoms with Gasteiger partial charge in [0.25, 0.3) is 0 Å². The van der Waals surface area contributed by atoms with Crippen molar-refractivity contribution in [3.63, 3.8) is 0 Å². The number of hydrogen-bond donors (Lipinski definition) is 2. The molecule has 0 saturated carbocycles. The molecule has 2 aliphatic rings. The number of nitrogens with one attached hydrogen (secondary N) is 2. The van der Waals surface area contributed by atoms with Gasteiger partial charge in [-0.1, -0.05) is 18.6 Å². The molecule has 0 aromatic heterocycles. The summed E-state index contributed by atoms with van der Waals surface area (Å²) < 4.78 is 10.9. The lowest BCUT2D eigenvalue weighted by molar-refractivity contribution is -0.118. The van der Waals surface area contributed by atoms with E-state index in [9.17, 15) is 4.79 Å². The summed E-state index contributed by atoms with van der Waals surface area (Å²) in [6.07, 6.45) is 2.85. The molecule has 3 rings (SSSR count). The normalized spacial score (nSPS) is 23.7. The molecule has 0 bridgehead atoms. The third-order valence-electron chi connectivity index (χ3n) is 3.67. The Balaban J connectivity index is 1.64. The van der Waals surface area contributed by atoms with Gasteiger partial charge in [0.05, 0.1) is 19.3 Å². The number of piperidine rings is 1. The first-order valence-corrected chi connectivity index (χ1v) is 7.20. The average Bonchev–Trinajstić information content (AvgIpc) is 3.03. The van der Waals surface area contributed by atoms with Crippen molar-refractivity contribution in [3.05, 3.63) is 29.8 Å². The lowest BCUT2D eigenvalue weighted by Crippen LogP contribution is -2.43. The second kappa shape index (κ2) is 6.35. The topological polar surface area (TPSA) is 59.6 Å². The summed E-state index contributed by atoms with van der Waals surface area (Å²) >= 11 is 0. The van der Waals surface area contributed by atoms with Gasteiger partial charge in [-0.05, 0) is 31.5 Å². The summed E-state index contributed by atoms with van der Waals surface area (Å²) in [7, 11) is 0. The Morgan fingerprint density at radius 3 is 2.85 bits per heavy atom. The van der Waals surface area contributed by atoms with Crippen LogP contribution in [0.3, 0.4) is 0 Å². The molecule has 2 heterocycles. The van der Waals surface area contributed by atoms with Crippen LogP contribution in [0.1, 0.15) is 31.1 Å². The Labute approximate surface area is 118 Å². The van der Waals surface area contributed by atoms with Crippen LogP contribution in [0.2, 0.25) is 0 Å². The molecule has 2 saturated heterocycles. The van der Waals surface area contributed by atoms with Crippen LogP contribution in [0, 0.1) is 0 Å². The Morgan fingerprint density at radius 2 is 2.10 bits per heavy atom. The number of hydrogen-bond acceptors (Lipinski definition) is 4. The molecule has 5 heteroatoms. The van der Waals surface area contributed by atoms with Crippen LogP contribution >= 0.6 is 0 Å². The van der Waals surface area contributed by atoms with Crippen molar-refractivity contribution in [1.82, 2.24) is 5.32 Å². The Bertz CT molecular complexity index is 466. The van der Waals surface area contributed by atoms with E-state index in [0.717, 1.165) is 37.1 Å². The van der Waals surface area contributed by atoms with Gasteiger partial charge in [-0.25, -0.2) is 0 Å². The molecule has 1 aromatic carbocycles. The van der Waals surface area contributed by atoms with Crippen LogP contribution in [-0.4, -0.2) is 31.7 Å². The standard InChI is InChI=1S/C15H20N2O3/c18-14(13-6-1-2-7-16-13)17-12-5-3-4-11(10-12)15-19-8-9-20-15/h3-5,10,13,15-16H,1-2,6-9H2,(H,17,18)/t13-/m0/s1. The highest BCUT2D eigenvalue weighted by Gasteiger charge is 2.22. The molecular weight excluding hydrogens is 256 g/mol. The van der Waals surface area contributed by atoms with Crippen molar-refractivity contribution in [2.45, 2.75) is 31.6 Å². The predicted octanol–water partition coefficient (Wildman–Crippen LogP) is 1.81. The maximum atomic E-state index is 12.2. The zero-order valence-electron chi connectivity index (χ0n) is 11.4. The summed E-state index contributed by atoms with van der Waals surface area (Å²) in [5.41, 5.74) is 1.73. The van der Waals surface area contributed by atoms with Crippen LogP contribution in [0.4, 0.5) is 5.69 Å². The zero-order chi connectivity index (χ0) is 13.8. The third kappa shape index (κ3) is 3.17. The number of carbonyl (C=O) groups is 1. The van der Waals surface area contributed by atoms with Gasteiger partial charge < -0.3 is 20.1 Å². The number of ether oxygens (including phenoxy) is 2. The molecule has 0 radical (unpaired) electrons. The van der Waals surface area contributed by atoms with Gasteiger partial charge in [0, 0.05) is 11.3 Å². The number of amides is 1. The minimum Gasteiger partial charge on any atom is -0.346 e. The third-order valence-corrected chi connectivity index (χ3v) is 3.67. The summed E-state index contributed by atoms with van der Waals surface area (Å²) in [6.45, 7) is 2.16. The molecule has 1 amide bonds. The molecule has 2 N–H and O–H groups in total. The molecule has 2 aliphatic heterocycles. The lowest BCUT2D eigenvalue weighted by atomic mass is 10.0. The second-order valence-electron chi connectivity index (χ2n) is 5.19. The van der Waals surface area contributed by atoms with Crippen molar-refractivity contribution in [2.24, 2.45) is 0 Å². The van der Waals surface area contributed by atoms with Gasteiger partial charge in [-0.2, -0.15) is 0 Å². The number of rotatable bonds is 3. The van der Waals surface area contributed by atoms with E-state index >= 15 is 0 Å². The van der Waals surface area contributed by atoms with Crippen molar-refractivity contribution in [2.75, 3.05) is 25.1 Å². The van der Waals surface area contributed by atoms with Gasteiger partial charge in [0.1, 0.15) is 0 Å². The fourth-order valence-electron chi connectivity index (χ4n) is 2.62. The van der Waals surface area contributed by atoms with Crippen LogP contribution in [0.15, 0.2) is 24.3 Å². The molecule has 108 valence electrons. The monoisotopic (exact) mass is 276 g/mol.